The van der Waals surface area contributed by atoms with Crippen LogP contribution in [0, 0.1) is 0 Å². The van der Waals surface area contributed by atoms with Crippen LogP contribution in [-0.4, -0.2) is 17.8 Å². The van der Waals surface area contributed by atoms with Crippen molar-refractivity contribution in [3.05, 3.63) is 22.4 Å². The van der Waals surface area contributed by atoms with E-state index in [1.54, 1.807) is 11.3 Å². The van der Waals surface area contributed by atoms with Gasteiger partial charge in [-0.15, -0.1) is 0 Å². The SMILES string of the molecule is CCC(O)CCNCc1ccsc1. The van der Waals surface area contributed by atoms with Gasteiger partial charge in [-0.1, -0.05) is 6.92 Å². The monoisotopic (exact) mass is 199 g/mol. The molecule has 1 aromatic rings. The van der Waals surface area contributed by atoms with Crippen LogP contribution in [0.1, 0.15) is 25.3 Å². The number of hydrogen-bond donors (Lipinski definition) is 2. The lowest BCUT2D eigenvalue weighted by atomic mass is 10.2. The predicted octanol–water partition coefficient (Wildman–Crippen LogP) is 2.00. The Labute approximate surface area is 83.6 Å². The van der Waals surface area contributed by atoms with Crippen LogP contribution in [-0.2, 0) is 6.54 Å². The largest absolute Gasteiger partial charge is 0.393 e. The van der Waals surface area contributed by atoms with E-state index in [0.717, 1.165) is 25.9 Å². The van der Waals surface area contributed by atoms with Crippen LogP contribution in [0.5, 0.6) is 0 Å². The summed E-state index contributed by atoms with van der Waals surface area (Å²) in [5, 5.41) is 16.8. The second-order valence-electron chi connectivity index (χ2n) is 3.16. The second kappa shape index (κ2) is 6.13. The van der Waals surface area contributed by atoms with Gasteiger partial charge in [-0.3, -0.25) is 0 Å². The molecular formula is C10H17NOS. The molecule has 0 spiro atoms. The molecule has 0 aliphatic carbocycles. The first-order valence-electron chi connectivity index (χ1n) is 4.72. The average molecular weight is 199 g/mol. The Morgan fingerprint density at radius 2 is 2.46 bits per heavy atom. The number of aliphatic hydroxyl groups excluding tert-OH is 1. The second-order valence-corrected chi connectivity index (χ2v) is 3.94. The first-order chi connectivity index (χ1) is 6.33. The molecule has 1 rings (SSSR count). The van der Waals surface area contributed by atoms with Gasteiger partial charge in [-0.2, -0.15) is 11.3 Å². The maximum absolute atomic E-state index is 9.28. The summed E-state index contributed by atoms with van der Waals surface area (Å²) >= 11 is 1.72. The molecule has 0 radical (unpaired) electrons. The minimum absolute atomic E-state index is 0.144. The van der Waals surface area contributed by atoms with Crippen LogP contribution in [0.2, 0.25) is 0 Å². The Morgan fingerprint density at radius 1 is 1.62 bits per heavy atom. The summed E-state index contributed by atoms with van der Waals surface area (Å²) in [5.74, 6) is 0. The van der Waals surface area contributed by atoms with Gasteiger partial charge in [-0.05, 0) is 41.8 Å². The van der Waals surface area contributed by atoms with E-state index in [0.29, 0.717) is 0 Å². The van der Waals surface area contributed by atoms with Crippen LogP contribution < -0.4 is 5.32 Å². The number of rotatable bonds is 6. The van der Waals surface area contributed by atoms with Gasteiger partial charge in [0.25, 0.3) is 0 Å². The zero-order valence-electron chi connectivity index (χ0n) is 7.99. The first kappa shape index (κ1) is 10.7. The zero-order valence-corrected chi connectivity index (χ0v) is 8.81. The molecule has 1 aromatic heterocycles. The highest BCUT2D eigenvalue weighted by molar-refractivity contribution is 7.07. The molecule has 3 heteroatoms. The van der Waals surface area contributed by atoms with Crippen molar-refractivity contribution in [1.82, 2.24) is 5.32 Å². The van der Waals surface area contributed by atoms with E-state index >= 15 is 0 Å². The lowest BCUT2D eigenvalue weighted by molar-refractivity contribution is 0.159. The summed E-state index contributed by atoms with van der Waals surface area (Å²) in [7, 11) is 0. The van der Waals surface area contributed by atoms with Crippen LogP contribution >= 0.6 is 11.3 Å². The van der Waals surface area contributed by atoms with Crippen molar-refractivity contribution in [2.24, 2.45) is 0 Å². The van der Waals surface area contributed by atoms with Crippen LogP contribution in [0.25, 0.3) is 0 Å². The molecule has 2 nitrogen and oxygen atoms in total. The topological polar surface area (TPSA) is 32.3 Å². The summed E-state index contributed by atoms with van der Waals surface area (Å²) in [6.45, 7) is 3.81. The van der Waals surface area contributed by atoms with E-state index in [4.69, 9.17) is 0 Å². The van der Waals surface area contributed by atoms with Gasteiger partial charge in [0, 0.05) is 6.54 Å². The van der Waals surface area contributed by atoms with Crippen molar-refractivity contribution >= 4 is 11.3 Å². The molecule has 74 valence electrons. The fourth-order valence-electron chi connectivity index (χ4n) is 1.10. The van der Waals surface area contributed by atoms with Gasteiger partial charge in [0.2, 0.25) is 0 Å². The summed E-state index contributed by atoms with van der Waals surface area (Å²) in [6.07, 6.45) is 1.55. The lowest BCUT2D eigenvalue weighted by Crippen LogP contribution is -2.19. The number of hydrogen-bond acceptors (Lipinski definition) is 3. The van der Waals surface area contributed by atoms with Gasteiger partial charge in [0.1, 0.15) is 0 Å². The fourth-order valence-corrected chi connectivity index (χ4v) is 1.77. The van der Waals surface area contributed by atoms with Crippen molar-refractivity contribution in [2.75, 3.05) is 6.54 Å². The molecule has 1 heterocycles. The molecular weight excluding hydrogens is 182 g/mol. The minimum atomic E-state index is -0.144. The van der Waals surface area contributed by atoms with Crippen molar-refractivity contribution < 1.29 is 5.11 Å². The Bertz CT molecular complexity index is 211. The molecule has 0 saturated carbocycles. The van der Waals surface area contributed by atoms with E-state index in [9.17, 15) is 5.11 Å². The molecule has 0 aromatic carbocycles. The molecule has 0 amide bonds. The summed E-state index contributed by atoms with van der Waals surface area (Å²) < 4.78 is 0. The third-order valence-corrected chi connectivity index (χ3v) is 2.77. The van der Waals surface area contributed by atoms with E-state index in [1.807, 2.05) is 6.92 Å². The van der Waals surface area contributed by atoms with Crippen LogP contribution in [0.3, 0.4) is 0 Å². The molecule has 1 atom stereocenters. The fraction of sp³-hybridized carbons (Fsp3) is 0.600. The van der Waals surface area contributed by atoms with E-state index < -0.39 is 0 Å². The Hall–Kier alpha value is -0.380. The molecule has 0 bridgehead atoms. The van der Waals surface area contributed by atoms with Crippen molar-refractivity contribution in [3.63, 3.8) is 0 Å². The quantitative estimate of drug-likeness (QED) is 0.687. The van der Waals surface area contributed by atoms with Crippen LogP contribution in [0.15, 0.2) is 16.8 Å². The van der Waals surface area contributed by atoms with Crippen molar-refractivity contribution in [1.29, 1.82) is 0 Å². The Morgan fingerprint density at radius 3 is 3.08 bits per heavy atom. The van der Waals surface area contributed by atoms with Crippen molar-refractivity contribution in [2.45, 2.75) is 32.4 Å². The number of thiophene rings is 1. The maximum Gasteiger partial charge on any atom is 0.0549 e. The molecule has 13 heavy (non-hydrogen) atoms. The molecule has 0 saturated heterocycles. The van der Waals surface area contributed by atoms with E-state index in [-0.39, 0.29) is 6.10 Å². The Balaban J connectivity index is 2.02. The average Bonchev–Trinajstić information content (AvgIpc) is 2.64. The summed E-state index contributed by atoms with van der Waals surface area (Å²) in [4.78, 5) is 0. The van der Waals surface area contributed by atoms with E-state index in [1.165, 1.54) is 5.56 Å². The summed E-state index contributed by atoms with van der Waals surface area (Å²) in [6, 6.07) is 2.12. The zero-order chi connectivity index (χ0) is 9.52. The molecule has 0 aliphatic heterocycles. The highest BCUT2D eigenvalue weighted by Gasteiger charge is 1.99. The maximum atomic E-state index is 9.28. The highest BCUT2D eigenvalue weighted by Crippen LogP contribution is 2.05. The highest BCUT2D eigenvalue weighted by atomic mass is 32.1. The van der Waals surface area contributed by atoms with Gasteiger partial charge in [0.15, 0.2) is 0 Å². The van der Waals surface area contributed by atoms with Gasteiger partial charge < -0.3 is 10.4 Å². The third-order valence-electron chi connectivity index (χ3n) is 2.03. The van der Waals surface area contributed by atoms with E-state index in [2.05, 4.69) is 22.1 Å². The normalized spacial score (nSPS) is 13.1. The smallest absolute Gasteiger partial charge is 0.0549 e. The van der Waals surface area contributed by atoms with Gasteiger partial charge in [-0.25, -0.2) is 0 Å². The molecule has 1 unspecified atom stereocenters. The number of aliphatic hydroxyl groups is 1. The predicted molar refractivity (Wildman–Crippen MR) is 56.9 cm³/mol. The minimum Gasteiger partial charge on any atom is -0.393 e. The molecule has 0 fully saturated rings. The van der Waals surface area contributed by atoms with Gasteiger partial charge >= 0.3 is 0 Å². The van der Waals surface area contributed by atoms with Gasteiger partial charge in [0.05, 0.1) is 6.10 Å². The Kier molecular flexibility index (Phi) is 5.05. The lowest BCUT2D eigenvalue weighted by Gasteiger charge is -2.07. The first-order valence-corrected chi connectivity index (χ1v) is 5.67. The molecule has 0 aliphatic rings. The molecule has 2 N–H and O–H groups in total. The summed E-state index contributed by atoms with van der Waals surface area (Å²) in [5.41, 5.74) is 1.33. The van der Waals surface area contributed by atoms with Crippen LogP contribution in [0.4, 0.5) is 0 Å². The third kappa shape index (κ3) is 4.41. The number of nitrogens with one attached hydrogen (secondary N) is 1. The van der Waals surface area contributed by atoms with Crippen molar-refractivity contribution in [3.8, 4) is 0 Å². The standard InChI is InChI=1S/C10H17NOS/c1-2-10(12)3-5-11-7-9-4-6-13-8-9/h4,6,8,10-12H,2-3,5,7H2,1H3.